The third-order valence-corrected chi connectivity index (χ3v) is 4.36. The Bertz CT molecular complexity index is 638. The van der Waals surface area contributed by atoms with Crippen LogP contribution in [0, 0.1) is 6.92 Å². The molecule has 0 aliphatic heterocycles. The van der Waals surface area contributed by atoms with E-state index in [0.29, 0.717) is 0 Å². The Morgan fingerprint density at radius 1 is 1.09 bits per heavy atom. The van der Waals surface area contributed by atoms with Gasteiger partial charge in [-0.05, 0) is 32.9 Å². The zero-order valence-electron chi connectivity index (χ0n) is 13.4. The molecule has 0 aromatic heterocycles. The number of carbonyl (C=O) groups is 2. The first-order chi connectivity index (χ1) is 10.8. The Morgan fingerprint density at radius 2 is 1.65 bits per heavy atom. The zero-order valence-corrected chi connectivity index (χ0v) is 14.2. The summed E-state index contributed by atoms with van der Waals surface area (Å²) in [5.74, 6) is -1.51. The van der Waals surface area contributed by atoms with Gasteiger partial charge >= 0.3 is 11.9 Å². The molecule has 1 rings (SSSR count). The average molecular weight is 343 g/mol. The third-order valence-electron chi connectivity index (χ3n) is 2.88. The van der Waals surface area contributed by atoms with Crippen molar-refractivity contribution >= 4 is 22.0 Å². The first kappa shape index (κ1) is 19.1. The molecule has 0 bridgehead atoms. The summed E-state index contributed by atoms with van der Waals surface area (Å²) in [5.41, 5.74) is 0.900. The van der Waals surface area contributed by atoms with Gasteiger partial charge in [-0.15, -0.1) is 0 Å². The maximum absolute atomic E-state index is 12.3. The van der Waals surface area contributed by atoms with E-state index >= 15 is 0 Å². The summed E-state index contributed by atoms with van der Waals surface area (Å²) in [5, 5.41) is 0. The van der Waals surface area contributed by atoms with Crippen LogP contribution in [0.5, 0.6) is 0 Å². The van der Waals surface area contributed by atoms with Crippen molar-refractivity contribution in [2.45, 2.75) is 38.1 Å². The van der Waals surface area contributed by atoms with Crippen molar-refractivity contribution in [3.05, 3.63) is 29.8 Å². The molecule has 0 radical (unpaired) electrons. The minimum Gasteiger partial charge on any atom is -0.466 e. The Labute approximate surface area is 136 Å². The molecule has 8 heteroatoms. The molecular formula is C15H21NO6S. The second kappa shape index (κ2) is 8.64. The van der Waals surface area contributed by atoms with Gasteiger partial charge in [-0.3, -0.25) is 9.59 Å². The fourth-order valence-corrected chi connectivity index (χ4v) is 2.96. The predicted molar refractivity (Wildman–Crippen MR) is 83.2 cm³/mol. The summed E-state index contributed by atoms with van der Waals surface area (Å²) in [6, 6.07) is 4.79. The van der Waals surface area contributed by atoms with Crippen LogP contribution in [0.1, 0.15) is 25.8 Å². The lowest BCUT2D eigenvalue weighted by Gasteiger charge is -2.16. The highest BCUT2D eigenvalue weighted by Crippen LogP contribution is 2.12. The molecule has 0 aliphatic rings. The molecule has 1 N–H and O–H groups in total. The number of hydrogen-bond donors (Lipinski definition) is 1. The van der Waals surface area contributed by atoms with Gasteiger partial charge in [-0.25, -0.2) is 8.42 Å². The molecule has 1 unspecified atom stereocenters. The Hall–Kier alpha value is -1.93. The number of benzene rings is 1. The Balaban J connectivity index is 2.96. The van der Waals surface area contributed by atoms with E-state index in [4.69, 9.17) is 9.47 Å². The predicted octanol–water partition coefficient (Wildman–Crippen LogP) is 1.16. The first-order valence-corrected chi connectivity index (χ1v) is 8.69. The van der Waals surface area contributed by atoms with Crippen LogP contribution in [0.2, 0.25) is 0 Å². The van der Waals surface area contributed by atoms with Crippen LogP contribution in [0.4, 0.5) is 0 Å². The van der Waals surface area contributed by atoms with E-state index < -0.39 is 34.4 Å². The highest BCUT2D eigenvalue weighted by molar-refractivity contribution is 7.89. The molecule has 1 aromatic carbocycles. The van der Waals surface area contributed by atoms with Gasteiger partial charge in [0.05, 0.1) is 24.5 Å². The van der Waals surface area contributed by atoms with Crippen LogP contribution in [0.25, 0.3) is 0 Å². The molecule has 0 heterocycles. The summed E-state index contributed by atoms with van der Waals surface area (Å²) in [6.07, 6.45) is -0.433. The van der Waals surface area contributed by atoms with Crippen LogP contribution in [-0.4, -0.2) is 39.6 Å². The van der Waals surface area contributed by atoms with Gasteiger partial charge in [0.15, 0.2) is 0 Å². The minimum atomic E-state index is -3.96. The number of hydrogen-bond acceptors (Lipinski definition) is 6. The number of ether oxygens (including phenoxy) is 2. The molecule has 0 saturated carbocycles. The van der Waals surface area contributed by atoms with Gasteiger partial charge in [0, 0.05) is 0 Å². The molecule has 0 aliphatic carbocycles. The standard InChI is InChI=1S/C15H21NO6S/c1-4-21-14(17)10-13(15(18)22-5-2)16-23(19,20)12-8-6-11(3)7-9-12/h6-9,13,16H,4-5,10H2,1-3H3. The van der Waals surface area contributed by atoms with Gasteiger partial charge in [0.25, 0.3) is 0 Å². The van der Waals surface area contributed by atoms with Crippen LogP contribution in [0.15, 0.2) is 29.2 Å². The summed E-state index contributed by atoms with van der Waals surface area (Å²) in [4.78, 5) is 23.5. The van der Waals surface area contributed by atoms with Crippen molar-refractivity contribution < 1.29 is 27.5 Å². The quantitative estimate of drug-likeness (QED) is 0.711. The highest BCUT2D eigenvalue weighted by Gasteiger charge is 2.29. The van der Waals surface area contributed by atoms with Crippen LogP contribution in [0.3, 0.4) is 0 Å². The first-order valence-electron chi connectivity index (χ1n) is 7.21. The summed E-state index contributed by atoms with van der Waals surface area (Å²) in [6.45, 7) is 5.25. The van der Waals surface area contributed by atoms with E-state index in [1.54, 1.807) is 26.0 Å². The van der Waals surface area contributed by atoms with Crippen molar-refractivity contribution in [1.82, 2.24) is 4.72 Å². The fourth-order valence-electron chi connectivity index (χ4n) is 1.78. The zero-order chi connectivity index (χ0) is 17.5. The van der Waals surface area contributed by atoms with Crippen LogP contribution >= 0.6 is 0 Å². The molecule has 0 fully saturated rings. The monoisotopic (exact) mass is 343 g/mol. The molecular weight excluding hydrogens is 322 g/mol. The van der Waals surface area contributed by atoms with Crippen molar-refractivity contribution in [3.8, 4) is 0 Å². The number of aryl methyl sites for hydroxylation is 1. The molecule has 0 amide bonds. The van der Waals surface area contributed by atoms with Crippen LogP contribution in [-0.2, 0) is 29.1 Å². The maximum Gasteiger partial charge on any atom is 0.324 e. The van der Waals surface area contributed by atoms with Crippen LogP contribution < -0.4 is 4.72 Å². The third kappa shape index (κ3) is 5.99. The van der Waals surface area contributed by atoms with E-state index in [-0.39, 0.29) is 18.1 Å². The number of esters is 2. The van der Waals surface area contributed by atoms with Crippen molar-refractivity contribution in [3.63, 3.8) is 0 Å². The molecule has 23 heavy (non-hydrogen) atoms. The second-order valence-electron chi connectivity index (χ2n) is 4.75. The lowest BCUT2D eigenvalue weighted by molar-refractivity contribution is -0.151. The second-order valence-corrected chi connectivity index (χ2v) is 6.46. The molecule has 1 atom stereocenters. The van der Waals surface area contributed by atoms with Crippen molar-refractivity contribution in [2.75, 3.05) is 13.2 Å². The van der Waals surface area contributed by atoms with E-state index in [9.17, 15) is 18.0 Å². The van der Waals surface area contributed by atoms with Gasteiger partial charge in [0.2, 0.25) is 10.0 Å². The SMILES string of the molecule is CCOC(=O)CC(NS(=O)(=O)c1ccc(C)cc1)C(=O)OCC. The number of sulfonamides is 1. The summed E-state index contributed by atoms with van der Waals surface area (Å²) >= 11 is 0. The number of nitrogens with one attached hydrogen (secondary N) is 1. The van der Waals surface area contributed by atoms with E-state index in [1.807, 2.05) is 6.92 Å². The van der Waals surface area contributed by atoms with Gasteiger partial charge in [-0.1, -0.05) is 17.7 Å². The topological polar surface area (TPSA) is 98.8 Å². The van der Waals surface area contributed by atoms with E-state index in [0.717, 1.165) is 5.56 Å². The number of carbonyl (C=O) groups excluding carboxylic acids is 2. The van der Waals surface area contributed by atoms with Crippen molar-refractivity contribution in [2.24, 2.45) is 0 Å². The lowest BCUT2D eigenvalue weighted by atomic mass is 10.2. The molecule has 128 valence electrons. The maximum atomic E-state index is 12.3. The minimum absolute atomic E-state index is 0.00116. The average Bonchev–Trinajstić information content (AvgIpc) is 2.47. The smallest absolute Gasteiger partial charge is 0.324 e. The fraction of sp³-hybridized carbons (Fsp3) is 0.467. The Kier molecular flexibility index (Phi) is 7.18. The number of rotatable bonds is 8. The van der Waals surface area contributed by atoms with Gasteiger partial charge in [0.1, 0.15) is 6.04 Å². The van der Waals surface area contributed by atoms with Crippen molar-refractivity contribution in [1.29, 1.82) is 0 Å². The highest BCUT2D eigenvalue weighted by atomic mass is 32.2. The van der Waals surface area contributed by atoms with E-state index in [2.05, 4.69) is 4.72 Å². The summed E-state index contributed by atoms with van der Waals surface area (Å²) in [7, 11) is -3.96. The molecule has 7 nitrogen and oxygen atoms in total. The summed E-state index contributed by atoms with van der Waals surface area (Å²) < 4.78 is 36.4. The molecule has 0 saturated heterocycles. The van der Waals surface area contributed by atoms with E-state index in [1.165, 1.54) is 12.1 Å². The van der Waals surface area contributed by atoms with Gasteiger partial charge in [-0.2, -0.15) is 4.72 Å². The lowest BCUT2D eigenvalue weighted by Crippen LogP contribution is -2.43. The largest absolute Gasteiger partial charge is 0.466 e. The normalized spacial score (nSPS) is 12.5. The Morgan fingerprint density at radius 3 is 2.17 bits per heavy atom. The van der Waals surface area contributed by atoms with Gasteiger partial charge < -0.3 is 9.47 Å². The molecule has 1 aromatic rings. The molecule has 0 spiro atoms.